The fraction of sp³-hybridized carbons (Fsp3) is 0.643. The second-order valence-corrected chi connectivity index (χ2v) is 6.18. The first kappa shape index (κ1) is 15.0. The molecule has 0 aliphatic heterocycles. The summed E-state index contributed by atoms with van der Waals surface area (Å²) < 4.78 is 0. The summed E-state index contributed by atoms with van der Waals surface area (Å²) in [5.41, 5.74) is 0. The molecule has 0 aromatic carbocycles. The Morgan fingerprint density at radius 1 is 1.44 bits per heavy atom. The predicted octanol–water partition coefficient (Wildman–Crippen LogP) is 3.37. The summed E-state index contributed by atoms with van der Waals surface area (Å²) in [6, 6.07) is 4.45. The Morgan fingerprint density at radius 3 is 2.72 bits per heavy atom. The molecule has 0 fully saturated rings. The maximum atomic E-state index is 11.9. The lowest BCUT2D eigenvalue weighted by Gasteiger charge is -2.26. The Balaban J connectivity index is 2.27. The Labute approximate surface area is 114 Å². The molecule has 0 aliphatic carbocycles. The molecule has 0 saturated heterocycles. The highest BCUT2D eigenvalue weighted by molar-refractivity contribution is 7.09. The highest BCUT2D eigenvalue weighted by Crippen LogP contribution is 2.10. The van der Waals surface area contributed by atoms with Crippen LogP contribution in [-0.2, 0) is 6.42 Å². The minimum atomic E-state index is 0.0275. The third kappa shape index (κ3) is 5.08. The fourth-order valence-electron chi connectivity index (χ4n) is 1.91. The minimum absolute atomic E-state index is 0.0275. The third-order valence-electron chi connectivity index (χ3n) is 3.02. The summed E-state index contributed by atoms with van der Waals surface area (Å²) in [4.78, 5) is 15.0. The van der Waals surface area contributed by atoms with Crippen molar-refractivity contribution in [1.29, 1.82) is 0 Å². The van der Waals surface area contributed by atoms with E-state index in [-0.39, 0.29) is 12.1 Å². The van der Waals surface area contributed by atoms with Gasteiger partial charge in [-0.05, 0) is 37.1 Å². The number of nitrogens with one attached hydrogen (secondary N) is 1. The van der Waals surface area contributed by atoms with Crippen LogP contribution < -0.4 is 5.32 Å². The van der Waals surface area contributed by atoms with Crippen molar-refractivity contribution in [3.05, 3.63) is 22.4 Å². The zero-order chi connectivity index (χ0) is 13.5. The van der Waals surface area contributed by atoms with E-state index in [0.717, 1.165) is 12.8 Å². The van der Waals surface area contributed by atoms with Crippen LogP contribution in [0.3, 0.4) is 0 Å². The lowest BCUT2D eigenvalue weighted by molar-refractivity contribution is 0.187. The van der Waals surface area contributed by atoms with Gasteiger partial charge in [0.05, 0.1) is 0 Å². The van der Waals surface area contributed by atoms with Gasteiger partial charge in [0.1, 0.15) is 0 Å². The minimum Gasteiger partial charge on any atom is -0.338 e. The van der Waals surface area contributed by atoms with Crippen LogP contribution in [0.2, 0.25) is 0 Å². The van der Waals surface area contributed by atoms with Gasteiger partial charge in [-0.15, -0.1) is 11.3 Å². The molecule has 1 aromatic heterocycles. The molecule has 0 aliphatic rings. The van der Waals surface area contributed by atoms with E-state index in [1.165, 1.54) is 4.88 Å². The van der Waals surface area contributed by atoms with Crippen LogP contribution in [0.25, 0.3) is 0 Å². The highest BCUT2D eigenvalue weighted by Gasteiger charge is 2.15. The standard InChI is InChI=1S/C14H24N2OS/c1-11(2)10-12(3)16(4)14(17)15-8-7-13-6-5-9-18-13/h5-6,9,11-12H,7-8,10H2,1-4H3,(H,15,17). The molecule has 1 unspecified atom stereocenters. The van der Waals surface area contributed by atoms with Crippen molar-refractivity contribution in [2.45, 2.75) is 39.7 Å². The maximum absolute atomic E-state index is 11.9. The monoisotopic (exact) mass is 268 g/mol. The van der Waals surface area contributed by atoms with Crippen LogP contribution >= 0.6 is 11.3 Å². The molecule has 18 heavy (non-hydrogen) atoms. The first-order chi connectivity index (χ1) is 8.50. The number of hydrogen-bond donors (Lipinski definition) is 1. The molecular weight excluding hydrogens is 244 g/mol. The summed E-state index contributed by atoms with van der Waals surface area (Å²) in [5.74, 6) is 0.612. The van der Waals surface area contributed by atoms with Gasteiger partial charge in [0.2, 0.25) is 0 Å². The summed E-state index contributed by atoms with van der Waals surface area (Å²) in [6.45, 7) is 7.16. The number of amides is 2. The first-order valence-corrected chi connectivity index (χ1v) is 7.41. The number of nitrogens with zero attached hydrogens (tertiary/aromatic N) is 1. The van der Waals surface area contributed by atoms with E-state index in [1.54, 1.807) is 16.2 Å². The van der Waals surface area contributed by atoms with Crippen molar-refractivity contribution in [3.8, 4) is 0 Å². The molecule has 1 atom stereocenters. The van der Waals surface area contributed by atoms with Crippen LogP contribution in [0, 0.1) is 5.92 Å². The normalized spacial score (nSPS) is 12.5. The number of urea groups is 1. The largest absolute Gasteiger partial charge is 0.338 e. The number of rotatable bonds is 6. The zero-order valence-electron chi connectivity index (χ0n) is 11.8. The van der Waals surface area contributed by atoms with Gasteiger partial charge in [0.15, 0.2) is 0 Å². The SMILES string of the molecule is CC(C)CC(C)N(C)C(=O)NCCc1cccs1. The number of carbonyl (C=O) groups is 1. The molecular formula is C14H24N2OS. The lowest BCUT2D eigenvalue weighted by Crippen LogP contribution is -2.43. The zero-order valence-corrected chi connectivity index (χ0v) is 12.6. The van der Waals surface area contributed by atoms with E-state index in [9.17, 15) is 4.79 Å². The predicted molar refractivity (Wildman–Crippen MR) is 78.1 cm³/mol. The number of thiophene rings is 1. The summed E-state index contributed by atoms with van der Waals surface area (Å²) in [5, 5.41) is 5.03. The van der Waals surface area contributed by atoms with Crippen LogP contribution in [0.1, 0.15) is 32.1 Å². The Morgan fingerprint density at radius 2 is 2.17 bits per heavy atom. The van der Waals surface area contributed by atoms with Crippen LogP contribution in [0.4, 0.5) is 4.79 Å². The second kappa shape index (κ2) is 7.41. The molecule has 1 aromatic rings. The Bertz CT molecular complexity index is 349. The smallest absolute Gasteiger partial charge is 0.317 e. The molecule has 0 spiro atoms. The molecule has 0 saturated carbocycles. The average molecular weight is 268 g/mol. The summed E-state index contributed by atoms with van der Waals surface area (Å²) in [6.07, 6.45) is 1.95. The summed E-state index contributed by atoms with van der Waals surface area (Å²) in [7, 11) is 1.87. The molecule has 3 nitrogen and oxygen atoms in total. The first-order valence-electron chi connectivity index (χ1n) is 6.53. The van der Waals surface area contributed by atoms with Crippen molar-refractivity contribution in [2.75, 3.05) is 13.6 Å². The maximum Gasteiger partial charge on any atom is 0.317 e. The van der Waals surface area contributed by atoms with Gasteiger partial charge in [-0.3, -0.25) is 0 Å². The topological polar surface area (TPSA) is 32.3 Å². The van der Waals surface area contributed by atoms with Gasteiger partial charge in [-0.2, -0.15) is 0 Å². The summed E-state index contributed by atoms with van der Waals surface area (Å²) >= 11 is 1.73. The van der Waals surface area contributed by atoms with Crippen molar-refractivity contribution < 1.29 is 4.79 Å². The molecule has 1 rings (SSSR count). The third-order valence-corrected chi connectivity index (χ3v) is 3.96. The molecule has 0 bridgehead atoms. The quantitative estimate of drug-likeness (QED) is 0.843. The number of hydrogen-bond acceptors (Lipinski definition) is 2. The molecule has 0 radical (unpaired) electrons. The van der Waals surface area contributed by atoms with E-state index in [4.69, 9.17) is 0 Å². The van der Waals surface area contributed by atoms with Gasteiger partial charge in [-0.1, -0.05) is 19.9 Å². The van der Waals surface area contributed by atoms with Gasteiger partial charge < -0.3 is 10.2 Å². The van der Waals surface area contributed by atoms with Gasteiger partial charge in [-0.25, -0.2) is 4.79 Å². The van der Waals surface area contributed by atoms with Crippen molar-refractivity contribution in [2.24, 2.45) is 5.92 Å². The van der Waals surface area contributed by atoms with E-state index in [0.29, 0.717) is 12.5 Å². The van der Waals surface area contributed by atoms with Crippen molar-refractivity contribution in [1.82, 2.24) is 10.2 Å². The van der Waals surface area contributed by atoms with Crippen LogP contribution in [0.15, 0.2) is 17.5 Å². The lowest BCUT2D eigenvalue weighted by atomic mass is 10.0. The average Bonchev–Trinajstić information content (AvgIpc) is 2.79. The van der Waals surface area contributed by atoms with Crippen molar-refractivity contribution >= 4 is 17.4 Å². The van der Waals surface area contributed by atoms with Gasteiger partial charge >= 0.3 is 6.03 Å². The van der Waals surface area contributed by atoms with Crippen LogP contribution in [0.5, 0.6) is 0 Å². The van der Waals surface area contributed by atoms with E-state index >= 15 is 0 Å². The van der Waals surface area contributed by atoms with Gasteiger partial charge in [0.25, 0.3) is 0 Å². The van der Waals surface area contributed by atoms with E-state index in [1.807, 2.05) is 13.1 Å². The molecule has 102 valence electrons. The second-order valence-electron chi connectivity index (χ2n) is 5.15. The Kier molecular flexibility index (Phi) is 6.19. The van der Waals surface area contributed by atoms with E-state index in [2.05, 4.69) is 37.5 Å². The van der Waals surface area contributed by atoms with Gasteiger partial charge in [0, 0.05) is 24.5 Å². The van der Waals surface area contributed by atoms with Crippen LogP contribution in [-0.4, -0.2) is 30.6 Å². The molecule has 2 amide bonds. The Hall–Kier alpha value is -1.03. The molecule has 1 heterocycles. The molecule has 4 heteroatoms. The molecule has 1 N–H and O–H groups in total. The number of carbonyl (C=O) groups excluding carboxylic acids is 1. The van der Waals surface area contributed by atoms with E-state index < -0.39 is 0 Å². The highest BCUT2D eigenvalue weighted by atomic mass is 32.1. The van der Waals surface area contributed by atoms with Crippen molar-refractivity contribution in [3.63, 3.8) is 0 Å². The fourth-order valence-corrected chi connectivity index (χ4v) is 2.62.